The van der Waals surface area contributed by atoms with Crippen LogP contribution in [0.1, 0.15) is 36.8 Å². The molecule has 11 nitrogen and oxygen atoms in total. The molecule has 2 aromatic heterocycles. The lowest BCUT2D eigenvalue weighted by atomic mass is 9.77. The number of imidazole rings is 1. The van der Waals surface area contributed by atoms with Gasteiger partial charge in [0.1, 0.15) is 36.8 Å². The Morgan fingerprint density at radius 1 is 0.886 bits per heavy atom. The Morgan fingerprint density at radius 2 is 1.45 bits per heavy atom. The van der Waals surface area contributed by atoms with Gasteiger partial charge in [0.2, 0.25) is 0 Å². The molecule has 2 fully saturated rings. The second-order valence-corrected chi connectivity index (χ2v) is 11.9. The second kappa shape index (κ2) is 11.4. The van der Waals surface area contributed by atoms with E-state index in [0.29, 0.717) is 17.0 Å². The van der Waals surface area contributed by atoms with Crippen molar-refractivity contribution in [3.63, 3.8) is 0 Å². The van der Waals surface area contributed by atoms with E-state index in [0.717, 1.165) is 16.7 Å². The van der Waals surface area contributed by atoms with Crippen molar-refractivity contribution in [2.45, 2.75) is 49.7 Å². The fourth-order valence-electron chi connectivity index (χ4n) is 6.24. The lowest BCUT2D eigenvalue weighted by Gasteiger charge is -2.37. The minimum atomic E-state index is -2.80. The van der Waals surface area contributed by atoms with Crippen LogP contribution in [0.5, 0.6) is 0 Å². The highest BCUT2D eigenvalue weighted by Crippen LogP contribution is 2.45. The molecule has 0 amide bonds. The standard InChI is InChI=1S/C32H30N5O6P/c1-31(2)42-26-24(18-40-44(38)39)41-30(27(26)43-31)37-20-35-25-28(33-19-34-29(25)37)36-32(21-12-6-3-7-13-21,22-14-8-4-9-15-22)23-16-10-5-11-17-23/h3-17,19-20,24,26-27,30H,18H2,1-2H3,(H-,33,34,36,38,39)/p+1/t24-,26+,27?,30-/m1/s1. The molecule has 5 atom stereocenters. The topological polar surface area (TPSA) is 130 Å². The molecule has 12 heteroatoms. The van der Waals surface area contributed by atoms with Crippen LogP contribution in [0.4, 0.5) is 5.82 Å². The molecule has 2 unspecified atom stereocenters. The quantitative estimate of drug-likeness (QED) is 0.167. The molecule has 2 aliphatic rings. The highest BCUT2D eigenvalue weighted by Gasteiger charge is 2.57. The number of benzene rings is 3. The van der Waals surface area contributed by atoms with E-state index >= 15 is 0 Å². The average molecular weight is 613 g/mol. The Morgan fingerprint density at radius 3 is 2.02 bits per heavy atom. The van der Waals surface area contributed by atoms with Crippen molar-refractivity contribution in [1.29, 1.82) is 0 Å². The Bertz CT molecular complexity index is 1680. The van der Waals surface area contributed by atoms with Crippen LogP contribution in [0.2, 0.25) is 0 Å². The SMILES string of the molecule is CC1(C)OC2[C@@H](O1)[C@@H](CO[P+](=O)O)O[C@H]2n1cnc2c(NC(c3ccccc3)(c3ccccc3)c3ccccc3)ncnc21. The number of hydrogen-bond acceptors (Lipinski definition) is 9. The number of anilines is 1. The van der Waals surface area contributed by atoms with Crippen LogP contribution in [0.15, 0.2) is 104 Å². The summed E-state index contributed by atoms with van der Waals surface area (Å²) in [4.78, 5) is 23.3. The summed E-state index contributed by atoms with van der Waals surface area (Å²) in [6, 6.07) is 30.7. The van der Waals surface area contributed by atoms with Crippen molar-refractivity contribution in [2.75, 3.05) is 11.9 Å². The van der Waals surface area contributed by atoms with E-state index in [1.54, 1.807) is 10.9 Å². The van der Waals surface area contributed by atoms with E-state index in [-0.39, 0.29) is 6.61 Å². The van der Waals surface area contributed by atoms with Gasteiger partial charge in [0.25, 0.3) is 0 Å². The van der Waals surface area contributed by atoms with Crippen LogP contribution in [0, 0.1) is 0 Å². The number of hydrogen-bond donors (Lipinski definition) is 2. The summed E-state index contributed by atoms with van der Waals surface area (Å²) in [6.07, 6.45) is 0.762. The molecule has 0 bridgehead atoms. The molecule has 2 aliphatic heterocycles. The minimum absolute atomic E-state index is 0.134. The maximum absolute atomic E-state index is 11.3. The molecule has 0 radical (unpaired) electrons. The molecule has 44 heavy (non-hydrogen) atoms. The summed E-state index contributed by atoms with van der Waals surface area (Å²) < 4.78 is 36.7. The van der Waals surface area contributed by atoms with E-state index in [4.69, 9.17) is 23.7 Å². The minimum Gasteiger partial charge on any atom is -0.351 e. The van der Waals surface area contributed by atoms with Crippen LogP contribution in [0.3, 0.4) is 0 Å². The maximum atomic E-state index is 11.3. The third kappa shape index (κ3) is 5.07. The van der Waals surface area contributed by atoms with Gasteiger partial charge < -0.3 is 19.5 Å². The zero-order valence-corrected chi connectivity index (χ0v) is 25.0. The molecule has 0 aliphatic carbocycles. The summed E-state index contributed by atoms with van der Waals surface area (Å²) in [5, 5.41) is 3.79. The molecule has 4 heterocycles. The first-order chi connectivity index (χ1) is 21.4. The summed E-state index contributed by atoms with van der Waals surface area (Å²) in [5.41, 5.74) is 3.31. The van der Waals surface area contributed by atoms with Crippen molar-refractivity contribution >= 4 is 25.2 Å². The molecule has 2 saturated heterocycles. The van der Waals surface area contributed by atoms with E-state index in [1.807, 2.05) is 68.4 Å². The van der Waals surface area contributed by atoms with E-state index in [2.05, 4.69) is 51.7 Å². The number of fused-ring (bicyclic) bond motifs is 2. The van der Waals surface area contributed by atoms with Gasteiger partial charge in [-0.25, -0.2) is 15.0 Å². The Balaban J connectivity index is 1.33. The Hall–Kier alpha value is -4.09. The van der Waals surface area contributed by atoms with Gasteiger partial charge in [-0.05, 0) is 30.5 Å². The van der Waals surface area contributed by atoms with Crippen molar-refractivity contribution < 1.29 is 28.2 Å². The fraction of sp³-hybridized carbons (Fsp3) is 0.281. The first-order valence-corrected chi connectivity index (χ1v) is 15.4. The van der Waals surface area contributed by atoms with Gasteiger partial charge in [0, 0.05) is 4.57 Å². The average Bonchev–Trinajstić information content (AvgIpc) is 3.71. The largest absolute Gasteiger partial charge is 0.694 e. The van der Waals surface area contributed by atoms with Gasteiger partial charge in [0.15, 0.2) is 29.0 Å². The molecule has 224 valence electrons. The zero-order chi connectivity index (χ0) is 30.3. The van der Waals surface area contributed by atoms with Crippen LogP contribution in [-0.2, 0) is 28.8 Å². The molecule has 5 aromatic rings. The van der Waals surface area contributed by atoms with Gasteiger partial charge in [-0.2, -0.15) is 0 Å². The van der Waals surface area contributed by atoms with Gasteiger partial charge in [-0.15, -0.1) is 9.42 Å². The second-order valence-electron chi connectivity index (χ2n) is 11.2. The first kappa shape index (κ1) is 28.7. The third-order valence-corrected chi connectivity index (χ3v) is 8.40. The Kier molecular flexibility index (Phi) is 7.45. The summed E-state index contributed by atoms with van der Waals surface area (Å²) in [5.74, 6) is -0.351. The summed E-state index contributed by atoms with van der Waals surface area (Å²) in [6.45, 7) is 3.50. The molecule has 0 spiro atoms. The molecule has 7 rings (SSSR count). The predicted molar refractivity (Wildman–Crippen MR) is 162 cm³/mol. The fourth-order valence-corrected chi connectivity index (χ4v) is 6.52. The first-order valence-electron chi connectivity index (χ1n) is 14.3. The zero-order valence-electron chi connectivity index (χ0n) is 24.1. The van der Waals surface area contributed by atoms with Gasteiger partial charge in [0.05, 0.1) is 6.33 Å². The van der Waals surface area contributed by atoms with Crippen molar-refractivity contribution in [3.8, 4) is 0 Å². The summed E-state index contributed by atoms with van der Waals surface area (Å²) >= 11 is 0. The normalized spacial score (nSPS) is 23.0. The van der Waals surface area contributed by atoms with Gasteiger partial charge in [-0.3, -0.25) is 4.57 Å². The predicted octanol–water partition coefficient (Wildman–Crippen LogP) is 5.31. The van der Waals surface area contributed by atoms with Crippen LogP contribution in [-0.4, -0.2) is 55.1 Å². The highest BCUT2D eigenvalue weighted by atomic mass is 31.1. The van der Waals surface area contributed by atoms with Crippen molar-refractivity contribution in [3.05, 3.63) is 120 Å². The van der Waals surface area contributed by atoms with Crippen LogP contribution in [0.25, 0.3) is 11.2 Å². The van der Waals surface area contributed by atoms with Crippen molar-refractivity contribution in [1.82, 2.24) is 19.5 Å². The van der Waals surface area contributed by atoms with E-state index in [9.17, 15) is 9.46 Å². The summed E-state index contributed by atoms with van der Waals surface area (Å²) in [7, 11) is -2.80. The smallest absolute Gasteiger partial charge is 0.351 e. The van der Waals surface area contributed by atoms with Crippen molar-refractivity contribution in [2.24, 2.45) is 0 Å². The Labute approximate surface area is 254 Å². The molecular formula is C32H31N5O6P+. The number of rotatable bonds is 9. The number of ether oxygens (including phenoxy) is 3. The van der Waals surface area contributed by atoms with Gasteiger partial charge in [-0.1, -0.05) is 91.0 Å². The van der Waals surface area contributed by atoms with E-state index in [1.165, 1.54) is 6.33 Å². The number of nitrogens with zero attached hydrogens (tertiary/aromatic N) is 4. The number of aromatic nitrogens is 4. The van der Waals surface area contributed by atoms with E-state index < -0.39 is 44.1 Å². The molecular weight excluding hydrogens is 581 g/mol. The highest BCUT2D eigenvalue weighted by molar-refractivity contribution is 7.32. The van der Waals surface area contributed by atoms with Gasteiger partial charge >= 0.3 is 8.25 Å². The number of nitrogens with one attached hydrogen (secondary N) is 1. The molecule has 3 aromatic carbocycles. The third-order valence-electron chi connectivity index (χ3n) is 8.03. The lowest BCUT2D eigenvalue weighted by Crippen LogP contribution is -2.38. The monoisotopic (exact) mass is 612 g/mol. The van der Waals surface area contributed by atoms with Crippen LogP contribution >= 0.6 is 8.25 Å². The lowest BCUT2D eigenvalue weighted by molar-refractivity contribution is -0.198. The maximum Gasteiger partial charge on any atom is 0.694 e. The van der Waals surface area contributed by atoms with Crippen LogP contribution < -0.4 is 5.32 Å². The molecule has 0 saturated carbocycles. The molecule has 2 N–H and O–H groups in total.